The summed E-state index contributed by atoms with van der Waals surface area (Å²) in [4.78, 5) is 2.59. The van der Waals surface area contributed by atoms with E-state index in [0.717, 1.165) is 28.8 Å². The van der Waals surface area contributed by atoms with Gasteiger partial charge in [-0.3, -0.25) is 0 Å². The van der Waals surface area contributed by atoms with Gasteiger partial charge in [0.25, 0.3) is 0 Å². The molecule has 2 aromatic carbocycles. The minimum absolute atomic E-state index is 0.497. The lowest BCUT2D eigenvalue weighted by Gasteiger charge is -2.45. The molecule has 3 saturated heterocycles. The Morgan fingerprint density at radius 3 is 2.48 bits per heavy atom. The molecule has 0 spiro atoms. The van der Waals surface area contributed by atoms with E-state index in [-0.39, 0.29) is 0 Å². The second-order valence-electron chi connectivity index (χ2n) is 7.15. The summed E-state index contributed by atoms with van der Waals surface area (Å²) in [6.45, 7) is 5.22. The molecule has 1 atom stereocenters. The molecule has 3 fully saturated rings. The van der Waals surface area contributed by atoms with Crippen LogP contribution in [-0.2, 0) is 13.2 Å². The number of rotatable bonds is 6. The van der Waals surface area contributed by atoms with Crippen LogP contribution in [0.25, 0.3) is 0 Å². The van der Waals surface area contributed by atoms with Crippen LogP contribution in [0.1, 0.15) is 24.0 Å². The first-order valence-corrected chi connectivity index (χ1v) is 9.56. The summed E-state index contributed by atoms with van der Waals surface area (Å²) in [6.07, 6.45) is 2.71. The van der Waals surface area contributed by atoms with Gasteiger partial charge < -0.3 is 15.0 Å². The number of halogens is 1. The molecule has 3 aliphatic rings. The van der Waals surface area contributed by atoms with Gasteiger partial charge in [0.1, 0.15) is 12.4 Å². The second kappa shape index (κ2) is 7.77. The average Bonchev–Trinajstić information content (AvgIpc) is 2.67. The first kappa shape index (κ1) is 16.9. The lowest BCUT2D eigenvalue weighted by Crippen LogP contribution is -2.55. The van der Waals surface area contributed by atoms with Crippen molar-refractivity contribution in [3.05, 3.63) is 64.7 Å². The Kier molecular flexibility index (Phi) is 5.25. The molecule has 0 aliphatic carbocycles. The number of piperidine rings is 3. The molecular formula is C21H25ClN2O. The monoisotopic (exact) mass is 356 g/mol. The number of hydrogen-bond acceptors (Lipinski definition) is 3. The standard InChI is InChI=1S/C21H25ClN2O/c22-20-4-2-1-3-18(20)15-25-19-7-5-16(6-8-19)13-23-21-14-24-11-9-17(21)10-12-24/h1-8,17,21,23H,9-15H2. The SMILES string of the molecule is Clc1ccccc1COc1ccc(CNC2CN3CCC2CC3)cc1. The maximum Gasteiger partial charge on any atom is 0.119 e. The highest BCUT2D eigenvalue weighted by atomic mass is 35.5. The molecule has 3 heterocycles. The molecule has 5 rings (SSSR count). The van der Waals surface area contributed by atoms with E-state index in [0.29, 0.717) is 12.6 Å². The van der Waals surface area contributed by atoms with Crippen molar-refractivity contribution in [2.45, 2.75) is 32.0 Å². The van der Waals surface area contributed by atoms with Crippen LogP contribution in [-0.4, -0.2) is 30.6 Å². The van der Waals surface area contributed by atoms with E-state index in [1.165, 1.54) is 38.0 Å². The van der Waals surface area contributed by atoms with Crippen molar-refractivity contribution < 1.29 is 4.74 Å². The number of ether oxygens (including phenoxy) is 1. The number of nitrogens with zero attached hydrogens (tertiary/aromatic N) is 1. The molecule has 2 aromatic rings. The lowest BCUT2D eigenvalue weighted by molar-refractivity contribution is 0.0720. The van der Waals surface area contributed by atoms with Crippen LogP contribution in [0.5, 0.6) is 5.75 Å². The van der Waals surface area contributed by atoms with Crippen molar-refractivity contribution in [2.75, 3.05) is 19.6 Å². The van der Waals surface area contributed by atoms with Crippen molar-refractivity contribution in [3.8, 4) is 5.75 Å². The summed E-state index contributed by atoms with van der Waals surface area (Å²) in [6, 6.07) is 16.8. The summed E-state index contributed by atoms with van der Waals surface area (Å²) < 4.78 is 5.85. The van der Waals surface area contributed by atoms with Gasteiger partial charge >= 0.3 is 0 Å². The fourth-order valence-corrected chi connectivity index (χ4v) is 4.12. The second-order valence-corrected chi connectivity index (χ2v) is 7.56. The zero-order valence-electron chi connectivity index (χ0n) is 14.5. The largest absolute Gasteiger partial charge is 0.489 e. The van der Waals surface area contributed by atoms with Crippen LogP contribution in [0, 0.1) is 5.92 Å². The first-order chi connectivity index (χ1) is 12.3. The van der Waals surface area contributed by atoms with Crippen molar-refractivity contribution in [1.29, 1.82) is 0 Å². The van der Waals surface area contributed by atoms with Gasteiger partial charge in [-0.25, -0.2) is 0 Å². The normalized spacial score (nSPS) is 25.1. The minimum atomic E-state index is 0.497. The molecular weight excluding hydrogens is 332 g/mol. The van der Waals surface area contributed by atoms with E-state index in [4.69, 9.17) is 16.3 Å². The van der Waals surface area contributed by atoms with Crippen LogP contribution in [0.4, 0.5) is 0 Å². The number of benzene rings is 2. The molecule has 4 heteroatoms. The molecule has 25 heavy (non-hydrogen) atoms. The Labute approximate surface area is 154 Å². The molecule has 3 aliphatic heterocycles. The zero-order valence-corrected chi connectivity index (χ0v) is 15.2. The molecule has 0 radical (unpaired) electrons. The van der Waals surface area contributed by atoms with E-state index in [1.807, 2.05) is 36.4 Å². The summed E-state index contributed by atoms with van der Waals surface area (Å²) in [5.41, 5.74) is 2.32. The van der Waals surface area contributed by atoms with Gasteiger partial charge in [-0.2, -0.15) is 0 Å². The number of hydrogen-bond donors (Lipinski definition) is 1. The molecule has 1 unspecified atom stereocenters. The summed E-state index contributed by atoms with van der Waals surface area (Å²) in [7, 11) is 0. The predicted molar refractivity (Wildman–Crippen MR) is 102 cm³/mol. The van der Waals surface area contributed by atoms with Gasteiger partial charge in [-0.05, 0) is 55.6 Å². The van der Waals surface area contributed by atoms with Crippen LogP contribution in [0.2, 0.25) is 5.02 Å². The maximum absolute atomic E-state index is 6.17. The van der Waals surface area contributed by atoms with Crippen molar-refractivity contribution in [3.63, 3.8) is 0 Å². The fraction of sp³-hybridized carbons (Fsp3) is 0.429. The number of nitrogens with one attached hydrogen (secondary N) is 1. The van der Waals surface area contributed by atoms with Crippen LogP contribution >= 0.6 is 11.6 Å². The molecule has 0 aromatic heterocycles. The van der Waals surface area contributed by atoms with Gasteiger partial charge in [0.2, 0.25) is 0 Å². The predicted octanol–water partition coefficient (Wildman–Crippen LogP) is 4.10. The molecule has 2 bridgehead atoms. The lowest BCUT2D eigenvalue weighted by atomic mass is 9.84. The van der Waals surface area contributed by atoms with Crippen molar-refractivity contribution in [1.82, 2.24) is 10.2 Å². The highest BCUT2D eigenvalue weighted by Crippen LogP contribution is 2.27. The quantitative estimate of drug-likeness (QED) is 0.843. The maximum atomic E-state index is 6.17. The first-order valence-electron chi connectivity index (χ1n) is 9.19. The summed E-state index contributed by atoms with van der Waals surface area (Å²) in [5.74, 6) is 1.75. The van der Waals surface area contributed by atoms with Gasteiger partial charge in [-0.15, -0.1) is 0 Å². The van der Waals surface area contributed by atoms with Gasteiger partial charge in [-0.1, -0.05) is 41.9 Å². The summed E-state index contributed by atoms with van der Waals surface area (Å²) in [5, 5.41) is 4.50. The van der Waals surface area contributed by atoms with Gasteiger partial charge in [0, 0.05) is 29.7 Å². The Bertz CT molecular complexity index is 695. The van der Waals surface area contributed by atoms with E-state index in [2.05, 4.69) is 22.3 Å². The third-order valence-corrected chi connectivity index (χ3v) is 5.87. The number of fused-ring (bicyclic) bond motifs is 3. The van der Waals surface area contributed by atoms with E-state index < -0.39 is 0 Å². The smallest absolute Gasteiger partial charge is 0.119 e. The van der Waals surface area contributed by atoms with E-state index >= 15 is 0 Å². The topological polar surface area (TPSA) is 24.5 Å². The van der Waals surface area contributed by atoms with E-state index in [9.17, 15) is 0 Å². The minimum Gasteiger partial charge on any atom is -0.489 e. The average molecular weight is 357 g/mol. The van der Waals surface area contributed by atoms with Crippen molar-refractivity contribution in [2.24, 2.45) is 5.92 Å². The zero-order chi connectivity index (χ0) is 17.1. The molecule has 0 saturated carbocycles. The highest BCUT2D eigenvalue weighted by Gasteiger charge is 2.33. The molecule has 0 amide bonds. The van der Waals surface area contributed by atoms with Crippen LogP contribution in [0.15, 0.2) is 48.5 Å². The third kappa shape index (κ3) is 4.17. The Morgan fingerprint density at radius 2 is 1.80 bits per heavy atom. The Morgan fingerprint density at radius 1 is 1.04 bits per heavy atom. The summed E-state index contributed by atoms with van der Waals surface area (Å²) >= 11 is 6.17. The molecule has 132 valence electrons. The highest BCUT2D eigenvalue weighted by molar-refractivity contribution is 6.31. The Hall–Kier alpha value is -1.55. The van der Waals surface area contributed by atoms with Gasteiger partial charge in [0.15, 0.2) is 0 Å². The van der Waals surface area contributed by atoms with Crippen LogP contribution < -0.4 is 10.1 Å². The third-order valence-electron chi connectivity index (χ3n) is 5.50. The molecule has 3 nitrogen and oxygen atoms in total. The van der Waals surface area contributed by atoms with Gasteiger partial charge in [0.05, 0.1) is 0 Å². The Balaban J connectivity index is 1.28. The van der Waals surface area contributed by atoms with Crippen LogP contribution in [0.3, 0.4) is 0 Å². The molecule has 1 N–H and O–H groups in total. The fourth-order valence-electron chi connectivity index (χ4n) is 3.93. The van der Waals surface area contributed by atoms with Crippen molar-refractivity contribution >= 4 is 11.6 Å². The van der Waals surface area contributed by atoms with E-state index in [1.54, 1.807) is 0 Å².